The van der Waals surface area contributed by atoms with Crippen LogP contribution in [-0.2, 0) is 4.79 Å². The average Bonchev–Trinajstić information content (AvgIpc) is 3.08. The zero-order valence-electron chi connectivity index (χ0n) is 10.7. The van der Waals surface area contributed by atoms with Crippen LogP contribution >= 0.6 is 22.7 Å². The summed E-state index contributed by atoms with van der Waals surface area (Å²) >= 11 is 3.30. The van der Waals surface area contributed by atoms with Gasteiger partial charge in [0, 0.05) is 9.40 Å². The molecule has 0 saturated heterocycles. The van der Waals surface area contributed by atoms with Gasteiger partial charge in [-0.05, 0) is 34.4 Å². The van der Waals surface area contributed by atoms with Crippen molar-refractivity contribution in [1.29, 1.82) is 0 Å². The van der Waals surface area contributed by atoms with Crippen LogP contribution in [0.4, 0.5) is 0 Å². The van der Waals surface area contributed by atoms with Crippen molar-refractivity contribution in [2.24, 2.45) is 0 Å². The number of fused-ring (bicyclic) bond motifs is 1. The highest BCUT2D eigenvalue weighted by atomic mass is 32.1. The minimum absolute atomic E-state index is 0.0221. The predicted octanol–water partition coefficient (Wildman–Crippen LogP) is 3.04. The fourth-order valence-electron chi connectivity index (χ4n) is 2.08. The number of rotatable bonds is 5. The maximum Gasteiger partial charge on any atom is 0.305 e. The van der Waals surface area contributed by atoms with E-state index in [9.17, 15) is 4.79 Å². The molecule has 0 radical (unpaired) electrons. The molecule has 6 nitrogen and oxygen atoms in total. The Kier molecular flexibility index (Phi) is 3.49. The summed E-state index contributed by atoms with van der Waals surface area (Å²) in [4.78, 5) is 11.9. The van der Waals surface area contributed by atoms with Gasteiger partial charge in [0.1, 0.15) is 0 Å². The lowest BCUT2D eigenvalue weighted by atomic mass is 10.1. The molecule has 3 aromatic heterocycles. The zero-order chi connectivity index (χ0) is 14.1. The van der Waals surface area contributed by atoms with Crippen LogP contribution in [0.1, 0.15) is 25.8 Å². The molecular formula is C12H12N4O2S2. The summed E-state index contributed by atoms with van der Waals surface area (Å²) in [6.45, 7) is 1.94. The van der Waals surface area contributed by atoms with E-state index in [-0.39, 0.29) is 12.5 Å². The highest BCUT2D eigenvalue weighted by Crippen LogP contribution is 2.36. The Bertz CT molecular complexity index is 717. The van der Waals surface area contributed by atoms with Gasteiger partial charge in [-0.3, -0.25) is 4.79 Å². The fourth-order valence-corrected chi connectivity index (χ4v) is 4.17. The first-order valence-corrected chi connectivity index (χ1v) is 7.85. The van der Waals surface area contributed by atoms with Gasteiger partial charge < -0.3 is 5.11 Å². The molecular weight excluding hydrogens is 296 g/mol. The Morgan fingerprint density at radius 3 is 3.05 bits per heavy atom. The van der Waals surface area contributed by atoms with Crippen LogP contribution in [0.5, 0.6) is 0 Å². The SMILES string of the molecule is CCC(CC(=O)O)n1nnnc1-c1cc2sccc2s1. The number of thiophene rings is 2. The normalized spacial score (nSPS) is 12.8. The third-order valence-electron chi connectivity index (χ3n) is 3.08. The summed E-state index contributed by atoms with van der Waals surface area (Å²) in [7, 11) is 0. The van der Waals surface area contributed by atoms with E-state index in [4.69, 9.17) is 5.11 Å². The highest BCUT2D eigenvalue weighted by molar-refractivity contribution is 7.28. The molecule has 0 fully saturated rings. The van der Waals surface area contributed by atoms with Crippen molar-refractivity contribution < 1.29 is 9.90 Å². The van der Waals surface area contributed by atoms with Crippen molar-refractivity contribution in [1.82, 2.24) is 20.2 Å². The Labute approximate surface area is 122 Å². The molecule has 0 amide bonds. The van der Waals surface area contributed by atoms with E-state index in [1.165, 1.54) is 9.40 Å². The van der Waals surface area contributed by atoms with Crippen molar-refractivity contribution in [3.8, 4) is 10.7 Å². The van der Waals surface area contributed by atoms with E-state index in [1.807, 2.05) is 12.3 Å². The second-order valence-corrected chi connectivity index (χ2v) is 6.40. The first-order valence-electron chi connectivity index (χ1n) is 6.16. The number of carboxylic acids is 1. The molecule has 1 N–H and O–H groups in total. The van der Waals surface area contributed by atoms with Crippen LogP contribution in [-0.4, -0.2) is 31.3 Å². The van der Waals surface area contributed by atoms with Crippen molar-refractivity contribution in [3.63, 3.8) is 0 Å². The molecule has 20 heavy (non-hydrogen) atoms. The number of carbonyl (C=O) groups is 1. The lowest BCUT2D eigenvalue weighted by Gasteiger charge is -2.13. The lowest BCUT2D eigenvalue weighted by molar-refractivity contribution is -0.138. The molecule has 0 aromatic carbocycles. The minimum Gasteiger partial charge on any atom is -0.481 e. The minimum atomic E-state index is -0.842. The quantitative estimate of drug-likeness (QED) is 0.783. The molecule has 3 heterocycles. The molecule has 0 aliphatic carbocycles. The lowest BCUT2D eigenvalue weighted by Crippen LogP contribution is -2.15. The maximum absolute atomic E-state index is 10.9. The average molecular weight is 308 g/mol. The van der Waals surface area contributed by atoms with Gasteiger partial charge >= 0.3 is 5.97 Å². The fraction of sp³-hybridized carbons (Fsp3) is 0.333. The smallest absolute Gasteiger partial charge is 0.305 e. The molecule has 0 bridgehead atoms. The second kappa shape index (κ2) is 5.29. The molecule has 0 saturated carbocycles. The highest BCUT2D eigenvalue weighted by Gasteiger charge is 2.21. The van der Waals surface area contributed by atoms with Crippen molar-refractivity contribution in [2.75, 3.05) is 0 Å². The van der Waals surface area contributed by atoms with E-state index in [0.717, 1.165) is 4.88 Å². The molecule has 104 valence electrons. The summed E-state index contributed by atoms with van der Waals surface area (Å²) in [5.74, 6) is -0.197. The van der Waals surface area contributed by atoms with Crippen molar-refractivity contribution >= 4 is 38.0 Å². The summed E-state index contributed by atoms with van der Waals surface area (Å²) < 4.78 is 4.03. The largest absolute Gasteiger partial charge is 0.481 e. The van der Waals surface area contributed by atoms with E-state index < -0.39 is 5.97 Å². The van der Waals surface area contributed by atoms with Crippen LogP contribution in [0.25, 0.3) is 20.1 Å². The summed E-state index contributed by atoms with van der Waals surface area (Å²) in [6.07, 6.45) is 0.693. The molecule has 0 spiro atoms. The van der Waals surface area contributed by atoms with Crippen LogP contribution in [0.2, 0.25) is 0 Å². The summed E-state index contributed by atoms with van der Waals surface area (Å²) in [5.41, 5.74) is 0. The number of hydrogen-bond acceptors (Lipinski definition) is 6. The van der Waals surface area contributed by atoms with Gasteiger partial charge in [-0.25, -0.2) is 4.68 Å². The molecule has 3 aromatic rings. The maximum atomic E-state index is 10.9. The van der Waals surface area contributed by atoms with Gasteiger partial charge in [-0.1, -0.05) is 6.92 Å². The van der Waals surface area contributed by atoms with Gasteiger partial charge in [-0.2, -0.15) is 0 Å². The number of aromatic nitrogens is 4. The van der Waals surface area contributed by atoms with Crippen LogP contribution in [0.15, 0.2) is 17.5 Å². The van der Waals surface area contributed by atoms with E-state index >= 15 is 0 Å². The van der Waals surface area contributed by atoms with Gasteiger partial charge in [0.25, 0.3) is 0 Å². The number of tetrazole rings is 1. The third kappa shape index (κ3) is 2.32. The number of carboxylic acid groups (broad SMARTS) is 1. The Morgan fingerprint density at radius 1 is 1.50 bits per heavy atom. The molecule has 0 aliphatic rings. The molecule has 8 heteroatoms. The van der Waals surface area contributed by atoms with E-state index in [0.29, 0.717) is 12.2 Å². The zero-order valence-corrected chi connectivity index (χ0v) is 12.3. The number of nitrogens with zero attached hydrogens (tertiary/aromatic N) is 4. The van der Waals surface area contributed by atoms with Crippen LogP contribution in [0.3, 0.4) is 0 Å². The molecule has 0 aliphatic heterocycles. The van der Waals surface area contributed by atoms with Gasteiger partial charge in [0.05, 0.1) is 17.3 Å². The van der Waals surface area contributed by atoms with Gasteiger partial charge in [-0.15, -0.1) is 27.8 Å². The predicted molar refractivity (Wildman–Crippen MR) is 78.1 cm³/mol. The molecule has 3 rings (SSSR count). The first kappa shape index (κ1) is 13.2. The topological polar surface area (TPSA) is 80.9 Å². The van der Waals surface area contributed by atoms with Crippen molar-refractivity contribution in [3.05, 3.63) is 17.5 Å². The number of aliphatic carboxylic acids is 1. The molecule has 1 unspecified atom stereocenters. The van der Waals surface area contributed by atoms with E-state index in [2.05, 4.69) is 27.7 Å². The summed E-state index contributed by atoms with van der Waals surface area (Å²) in [5, 5.41) is 22.8. The monoisotopic (exact) mass is 308 g/mol. The van der Waals surface area contributed by atoms with Gasteiger partial charge in [0.15, 0.2) is 5.82 Å². The van der Waals surface area contributed by atoms with E-state index in [1.54, 1.807) is 27.4 Å². The Hall–Kier alpha value is -1.80. The van der Waals surface area contributed by atoms with Crippen LogP contribution < -0.4 is 0 Å². The summed E-state index contributed by atoms with van der Waals surface area (Å²) in [6, 6.07) is 3.90. The standard InChI is InChI=1S/C12H12N4O2S2/c1-2-7(5-11(17)18)16-12(13-14-15-16)10-6-9-8(20-10)3-4-19-9/h3-4,6-7H,2,5H2,1H3,(H,17,18). The first-order chi connectivity index (χ1) is 9.69. The molecule has 1 atom stereocenters. The second-order valence-electron chi connectivity index (χ2n) is 4.37. The third-order valence-corrected chi connectivity index (χ3v) is 5.17. The van der Waals surface area contributed by atoms with Gasteiger partial charge in [0.2, 0.25) is 0 Å². The Balaban J connectivity index is 2.00. The van der Waals surface area contributed by atoms with Crippen molar-refractivity contribution in [2.45, 2.75) is 25.8 Å². The number of hydrogen-bond donors (Lipinski definition) is 1. The van der Waals surface area contributed by atoms with Crippen LogP contribution in [0, 0.1) is 0 Å². The Morgan fingerprint density at radius 2 is 2.35 bits per heavy atom.